The quantitative estimate of drug-likeness (QED) is 0.857. The van der Waals surface area contributed by atoms with Gasteiger partial charge in [0.2, 0.25) is 0 Å². The summed E-state index contributed by atoms with van der Waals surface area (Å²) in [7, 11) is 0. The van der Waals surface area contributed by atoms with Gasteiger partial charge in [-0.15, -0.1) is 0 Å². The molecule has 2 saturated heterocycles. The number of rotatable bonds is 4. The Labute approximate surface area is 132 Å². The number of carbonyl (C=O) groups is 1. The molecule has 4 nitrogen and oxygen atoms in total. The lowest BCUT2D eigenvalue weighted by atomic mass is 10.0. The zero-order valence-corrected chi connectivity index (χ0v) is 13.5. The molecular formula is C18H25NO3. The minimum atomic E-state index is -0.0356. The van der Waals surface area contributed by atoms with Gasteiger partial charge in [0.1, 0.15) is 12.4 Å². The minimum absolute atomic E-state index is 0.0356. The number of nitrogens with zero attached hydrogens (tertiary/aromatic N) is 1. The van der Waals surface area contributed by atoms with Crippen LogP contribution in [0.5, 0.6) is 5.75 Å². The molecule has 0 unspecified atom stereocenters. The lowest BCUT2D eigenvalue weighted by molar-refractivity contribution is 0.0649. The maximum Gasteiger partial charge on any atom is 0.254 e. The Balaban J connectivity index is 1.60. The second kappa shape index (κ2) is 6.29. The molecule has 0 radical (unpaired) electrons. The van der Waals surface area contributed by atoms with Crippen molar-refractivity contribution in [2.45, 2.75) is 51.2 Å². The number of amides is 1. The summed E-state index contributed by atoms with van der Waals surface area (Å²) in [5, 5.41) is 0. The normalized spacial score (nSPS) is 23.7. The zero-order valence-electron chi connectivity index (χ0n) is 13.5. The fourth-order valence-corrected chi connectivity index (χ4v) is 3.30. The molecule has 22 heavy (non-hydrogen) atoms. The van der Waals surface area contributed by atoms with E-state index in [4.69, 9.17) is 9.47 Å². The van der Waals surface area contributed by atoms with Crippen molar-refractivity contribution < 1.29 is 14.3 Å². The fraction of sp³-hybridized carbons (Fsp3) is 0.611. The monoisotopic (exact) mass is 303 g/mol. The van der Waals surface area contributed by atoms with E-state index in [9.17, 15) is 4.79 Å². The topological polar surface area (TPSA) is 38.8 Å². The predicted octanol–water partition coefficient (Wildman–Crippen LogP) is 3.26. The zero-order chi connectivity index (χ0) is 15.6. The van der Waals surface area contributed by atoms with Crippen LogP contribution in [0.15, 0.2) is 24.3 Å². The van der Waals surface area contributed by atoms with Crippen molar-refractivity contribution in [2.75, 3.05) is 19.8 Å². The van der Waals surface area contributed by atoms with Crippen LogP contribution in [0.2, 0.25) is 0 Å². The van der Waals surface area contributed by atoms with Gasteiger partial charge in [-0.25, -0.2) is 0 Å². The largest absolute Gasteiger partial charge is 0.491 e. The second-order valence-electron chi connectivity index (χ2n) is 6.84. The molecule has 1 amide bonds. The molecule has 2 heterocycles. The number of benzene rings is 1. The van der Waals surface area contributed by atoms with Crippen molar-refractivity contribution in [1.82, 2.24) is 4.90 Å². The molecule has 4 heteroatoms. The molecule has 3 rings (SSSR count). The van der Waals surface area contributed by atoms with Gasteiger partial charge in [0, 0.05) is 24.3 Å². The maximum atomic E-state index is 12.6. The van der Waals surface area contributed by atoms with E-state index in [1.54, 1.807) is 0 Å². The molecule has 2 fully saturated rings. The molecule has 0 aliphatic carbocycles. The third-order valence-electron chi connectivity index (χ3n) is 4.71. The third-order valence-corrected chi connectivity index (χ3v) is 4.71. The molecule has 0 spiro atoms. The first kappa shape index (κ1) is 15.3. The Morgan fingerprint density at radius 2 is 2.09 bits per heavy atom. The summed E-state index contributed by atoms with van der Waals surface area (Å²) in [6.45, 7) is 6.55. The van der Waals surface area contributed by atoms with Crippen molar-refractivity contribution >= 4 is 5.91 Å². The Kier molecular flexibility index (Phi) is 4.39. The Bertz CT molecular complexity index is 518. The molecule has 2 aliphatic heterocycles. The summed E-state index contributed by atoms with van der Waals surface area (Å²) in [4.78, 5) is 14.6. The van der Waals surface area contributed by atoms with Crippen LogP contribution in [0.25, 0.3) is 0 Å². The van der Waals surface area contributed by atoms with E-state index in [0.717, 1.165) is 50.1 Å². The van der Waals surface area contributed by atoms with E-state index in [-0.39, 0.29) is 17.6 Å². The second-order valence-corrected chi connectivity index (χ2v) is 6.84. The van der Waals surface area contributed by atoms with E-state index in [2.05, 4.69) is 13.8 Å². The van der Waals surface area contributed by atoms with Crippen LogP contribution in [0, 0.1) is 0 Å². The van der Waals surface area contributed by atoms with Crippen LogP contribution in [-0.4, -0.2) is 42.2 Å². The van der Waals surface area contributed by atoms with Gasteiger partial charge in [-0.2, -0.15) is 0 Å². The molecule has 0 aromatic heterocycles. The van der Waals surface area contributed by atoms with Crippen LogP contribution in [-0.2, 0) is 4.74 Å². The number of ether oxygens (including phenoxy) is 2. The number of carbonyl (C=O) groups excluding carboxylic acids is 1. The van der Waals surface area contributed by atoms with Crippen LogP contribution < -0.4 is 4.74 Å². The van der Waals surface area contributed by atoms with Crippen molar-refractivity contribution in [1.29, 1.82) is 0 Å². The lowest BCUT2D eigenvalue weighted by Crippen LogP contribution is -2.42. The molecule has 1 atom stereocenters. The highest BCUT2D eigenvalue weighted by Gasteiger charge is 2.35. The molecule has 1 aromatic carbocycles. The Morgan fingerprint density at radius 1 is 1.32 bits per heavy atom. The van der Waals surface area contributed by atoms with Gasteiger partial charge in [0.15, 0.2) is 0 Å². The molecule has 0 N–H and O–H groups in total. The summed E-state index contributed by atoms with van der Waals surface area (Å²) in [5.41, 5.74) is 0.700. The van der Waals surface area contributed by atoms with Crippen molar-refractivity contribution in [3.8, 4) is 5.75 Å². The Hall–Kier alpha value is -1.55. The third kappa shape index (κ3) is 3.27. The fourth-order valence-electron chi connectivity index (χ4n) is 3.30. The predicted molar refractivity (Wildman–Crippen MR) is 85.3 cm³/mol. The number of likely N-dealkylation sites (tertiary alicyclic amines) is 1. The molecule has 0 bridgehead atoms. The summed E-state index contributed by atoms with van der Waals surface area (Å²) in [6.07, 6.45) is 4.56. The van der Waals surface area contributed by atoms with Crippen LogP contribution in [0.4, 0.5) is 0 Å². The van der Waals surface area contributed by atoms with Gasteiger partial charge in [-0.3, -0.25) is 4.79 Å². The number of hydrogen-bond acceptors (Lipinski definition) is 3. The Morgan fingerprint density at radius 3 is 2.68 bits per heavy atom. The summed E-state index contributed by atoms with van der Waals surface area (Å²) >= 11 is 0. The van der Waals surface area contributed by atoms with E-state index in [1.165, 1.54) is 0 Å². The molecule has 2 aliphatic rings. The first-order chi connectivity index (χ1) is 10.6. The van der Waals surface area contributed by atoms with Gasteiger partial charge < -0.3 is 14.4 Å². The molecule has 0 saturated carbocycles. The van der Waals surface area contributed by atoms with Gasteiger partial charge >= 0.3 is 0 Å². The smallest absolute Gasteiger partial charge is 0.254 e. The molecular weight excluding hydrogens is 278 g/mol. The van der Waals surface area contributed by atoms with Crippen molar-refractivity contribution in [2.24, 2.45) is 0 Å². The average molecular weight is 303 g/mol. The summed E-state index contributed by atoms with van der Waals surface area (Å²) in [5.74, 6) is 0.918. The molecule has 120 valence electrons. The SMILES string of the molecule is CC1(C)CCCN1C(=O)c1ccc(OC[C@@H]2CCCO2)cc1. The van der Waals surface area contributed by atoms with Crippen LogP contribution >= 0.6 is 0 Å². The summed E-state index contributed by atoms with van der Waals surface area (Å²) in [6, 6.07) is 7.49. The van der Waals surface area contributed by atoms with Crippen molar-refractivity contribution in [3.63, 3.8) is 0 Å². The first-order valence-corrected chi connectivity index (χ1v) is 8.23. The lowest BCUT2D eigenvalue weighted by Gasteiger charge is -2.31. The highest BCUT2D eigenvalue weighted by Crippen LogP contribution is 2.30. The minimum Gasteiger partial charge on any atom is -0.491 e. The van der Waals surface area contributed by atoms with Gasteiger partial charge in [0.05, 0.1) is 6.10 Å². The van der Waals surface area contributed by atoms with Crippen LogP contribution in [0.3, 0.4) is 0 Å². The van der Waals surface area contributed by atoms with E-state index < -0.39 is 0 Å². The van der Waals surface area contributed by atoms with Crippen molar-refractivity contribution in [3.05, 3.63) is 29.8 Å². The summed E-state index contributed by atoms with van der Waals surface area (Å²) < 4.78 is 11.3. The maximum absolute atomic E-state index is 12.6. The highest BCUT2D eigenvalue weighted by molar-refractivity contribution is 5.95. The highest BCUT2D eigenvalue weighted by atomic mass is 16.5. The molecule has 1 aromatic rings. The van der Waals surface area contributed by atoms with Gasteiger partial charge in [0.25, 0.3) is 5.91 Å². The van der Waals surface area contributed by atoms with Gasteiger partial charge in [-0.1, -0.05) is 0 Å². The van der Waals surface area contributed by atoms with E-state index in [1.807, 2.05) is 29.2 Å². The number of hydrogen-bond donors (Lipinski definition) is 0. The van der Waals surface area contributed by atoms with E-state index in [0.29, 0.717) is 6.61 Å². The standard InChI is InChI=1S/C18H25NO3/c1-18(2)10-4-11-19(18)17(20)14-6-8-15(9-7-14)22-13-16-5-3-12-21-16/h6-9,16H,3-5,10-13H2,1-2H3/t16-/m0/s1. The average Bonchev–Trinajstić information content (AvgIpc) is 3.14. The van der Waals surface area contributed by atoms with E-state index >= 15 is 0 Å². The van der Waals surface area contributed by atoms with Crippen LogP contribution in [0.1, 0.15) is 49.9 Å². The van der Waals surface area contributed by atoms with Gasteiger partial charge in [-0.05, 0) is 63.8 Å². The first-order valence-electron chi connectivity index (χ1n) is 8.23.